The number of amides is 1. The highest BCUT2D eigenvalue weighted by atomic mass is 32.1. The molecule has 0 spiro atoms. The third-order valence-corrected chi connectivity index (χ3v) is 6.50. The van der Waals surface area contributed by atoms with Gasteiger partial charge in [0.25, 0.3) is 0 Å². The van der Waals surface area contributed by atoms with Crippen molar-refractivity contribution in [3.63, 3.8) is 0 Å². The Hall–Kier alpha value is -2.81. The second-order valence-electron chi connectivity index (χ2n) is 7.87. The molecular weight excluding hydrogens is 410 g/mol. The third-order valence-electron chi connectivity index (χ3n) is 5.38. The van der Waals surface area contributed by atoms with Gasteiger partial charge in [0, 0.05) is 24.0 Å². The van der Waals surface area contributed by atoms with Gasteiger partial charge in [-0.2, -0.15) is 0 Å². The maximum Gasteiger partial charge on any atom is 0.246 e. The number of rotatable bonds is 7. The minimum Gasteiger partial charge on any atom is -0.394 e. The number of nitrogens with zero attached hydrogens (tertiary/aromatic N) is 4. The largest absolute Gasteiger partial charge is 0.394 e. The minimum atomic E-state index is -0.252. The van der Waals surface area contributed by atoms with E-state index in [1.807, 2.05) is 60.3 Å². The Morgan fingerprint density at radius 1 is 1.32 bits per heavy atom. The van der Waals surface area contributed by atoms with Gasteiger partial charge in [0.1, 0.15) is 17.0 Å². The summed E-state index contributed by atoms with van der Waals surface area (Å²) in [6, 6.07) is 9.60. The highest BCUT2D eigenvalue weighted by molar-refractivity contribution is 7.19. The SMILES string of the molecule is CN(C)C/C=C/C(=O)N1CCc2c(sc3ncnc(N[C@H](CO)c4ccccc4)c23)C1. The Morgan fingerprint density at radius 2 is 2.13 bits per heavy atom. The molecule has 0 bridgehead atoms. The second kappa shape index (κ2) is 9.55. The summed E-state index contributed by atoms with van der Waals surface area (Å²) in [5.74, 6) is 0.773. The molecule has 0 saturated carbocycles. The van der Waals surface area contributed by atoms with Crippen molar-refractivity contribution in [2.24, 2.45) is 0 Å². The molecule has 3 heterocycles. The van der Waals surface area contributed by atoms with Crippen LogP contribution in [0.1, 0.15) is 22.0 Å². The van der Waals surface area contributed by atoms with Crippen molar-refractivity contribution < 1.29 is 9.90 Å². The maximum atomic E-state index is 12.6. The number of anilines is 1. The number of carbonyl (C=O) groups is 1. The van der Waals surface area contributed by atoms with Crippen molar-refractivity contribution in [3.8, 4) is 0 Å². The van der Waals surface area contributed by atoms with Gasteiger partial charge in [0.15, 0.2) is 0 Å². The van der Waals surface area contributed by atoms with Crippen LogP contribution < -0.4 is 5.32 Å². The number of aliphatic hydroxyl groups excluding tert-OH is 1. The molecule has 7 nitrogen and oxygen atoms in total. The van der Waals surface area contributed by atoms with E-state index >= 15 is 0 Å². The van der Waals surface area contributed by atoms with Crippen LogP contribution in [0.5, 0.6) is 0 Å². The first-order valence-electron chi connectivity index (χ1n) is 10.3. The van der Waals surface area contributed by atoms with Gasteiger partial charge in [0.2, 0.25) is 5.91 Å². The maximum absolute atomic E-state index is 12.6. The lowest BCUT2D eigenvalue weighted by molar-refractivity contribution is -0.126. The van der Waals surface area contributed by atoms with E-state index in [1.165, 1.54) is 5.56 Å². The zero-order valence-electron chi connectivity index (χ0n) is 17.8. The number of fused-ring (bicyclic) bond motifs is 3. The zero-order chi connectivity index (χ0) is 21.8. The highest BCUT2D eigenvalue weighted by Crippen LogP contribution is 2.38. The molecule has 0 radical (unpaired) electrons. The lowest BCUT2D eigenvalue weighted by Crippen LogP contribution is -2.34. The van der Waals surface area contributed by atoms with E-state index < -0.39 is 0 Å². The summed E-state index contributed by atoms with van der Waals surface area (Å²) in [6.45, 7) is 1.96. The Kier molecular flexibility index (Phi) is 6.60. The molecule has 0 saturated heterocycles. The van der Waals surface area contributed by atoms with Gasteiger partial charge >= 0.3 is 0 Å². The fourth-order valence-corrected chi connectivity index (χ4v) is 4.98. The van der Waals surface area contributed by atoms with Crippen LogP contribution in [-0.2, 0) is 17.8 Å². The van der Waals surface area contributed by atoms with E-state index in [1.54, 1.807) is 23.7 Å². The first kappa shape index (κ1) is 21.4. The Bertz CT molecular complexity index is 1080. The van der Waals surface area contributed by atoms with Crippen molar-refractivity contribution in [1.29, 1.82) is 0 Å². The van der Waals surface area contributed by atoms with Gasteiger partial charge < -0.3 is 20.2 Å². The number of carbonyl (C=O) groups excluding carboxylic acids is 1. The molecule has 4 rings (SSSR count). The normalized spacial score (nSPS) is 14.9. The monoisotopic (exact) mass is 437 g/mol. The van der Waals surface area contributed by atoms with Crippen LogP contribution in [0.25, 0.3) is 10.2 Å². The summed E-state index contributed by atoms with van der Waals surface area (Å²) in [7, 11) is 3.95. The van der Waals surface area contributed by atoms with E-state index in [0.29, 0.717) is 13.1 Å². The smallest absolute Gasteiger partial charge is 0.246 e. The van der Waals surface area contributed by atoms with Crippen molar-refractivity contribution in [2.45, 2.75) is 19.0 Å². The molecule has 0 unspecified atom stereocenters. The summed E-state index contributed by atoms with van der Waals surface area (Å²) in [4.78, 5) is 27.5. The van der Waals surface area contributed by atoms with Crippen LogP contribution in [0.4, 0.5) is 5.82 Å². The van der Waals surface area contributed by atoms with Gasteiger partial charge in [-0.25, -0.2) is 9.97 Å². The first-order chi connectivity index (χ1) is 15.1. The predicted molar refractivity (Wildman–Crippen MR) is 124 cm³/mol. The van der Waals surface area contributed by atoms with Crippen molar-refractivity contribution in [2.75, 3.05) is 39.1 Å². The lowest BCUT2D eigenvalue weighted by Gasteiger charge is -2.26. The number of aliphatic hydroxyl groups is 1. The topological polar surface area (TPSA) is 81.6 Å². The van der Waals surface area contributed by atoms with E-state index in [9.17, 15) is 9.90 Å². The number of likely N-dealkylation sites (N-methyl/N-ethyl adjacent to an activating group) is 1. The van der Waals surface area contributed by atoms with Crippen LogP contribution in [0.3, 0.4) is 0 Å². The molecule has 2 N–H and O–H groups in total. The highest BCUT2D eigenvalue weighted by Gasteiger charge is 2.26. The zero-order valence-corrected chi connectivity index (χ0v) is 18.6. The molecule has 1 aliphatic heterocycles. The summed E-state index contributed by atoms with van der Waals surface area (Å²) in [5, 5.41) is 14.4. The minimum absolute atomic E-state index is 0.0383. The van der Waals surface area contributed by atoms with Crippen molar-refractivity contribution in [1.82, 2.24) is 19.8 Å². The number of benzene rings is 1. The van der Waals surface area contributed by atoms with Gasteiger partial charge in [-0.1, -0.05) is 36.4 Å². The van der Waals surface area contributed by atoms with Crippen LogP contribution in [0, 0.1) is 0 Å². The lowest BCUT2D eigenvalue weighted by atomic mass is 10.0. The van der Waals surface area contributed by atoms with E-state index in [4.69, 9.17) is 0 Å². The van der Waals surface area contributed by atoms with Gasteiger partial charge in [-0.15, -0.1) is 11.3 Å². The van der Waals surface area contributed by atoms with Crippen molar-refractivity contribution in [3.05, 3.63) is 64.8 Å². The second-order valence-corrected chi connectivity index (χ2v) is 8.95. The number of thiophene rings is 1. The fraction of sp³-hybridized carbons (Fsp3) is 0.348. The number of aromatic nitrogens is 2. The quantitative estimate of drug-likeness (QED) is 0.553. The number of hydrogen-bond donors (Lipinski definition) is 2. The molecular formula is C23H27N5O2S. The van der Waals surface area contributed by atoms with E-state index in [2.05, 4.69) is 15.3 Å². The van der Waals surface area contributed by atoms with Crippen molar-refractivity contribution >= 4 is 33.3 Å². The molecule has 0 aliphatic carbocycles. The molecule has 0 fully saturated rings. The molecule has 8 heteroatoms. The Morgan fingerprint density at radius 3 is 2.87 bits per heavy atom. The fourth-order valence-electron chi connectivity index (χ4n) is 3.78. The van der Waals surface area contributed by atoms with Gasteiger partial charge in [-0.3, -0.25) is 4.79 Å². The van der Waals surface area contributed by atoms with Gasteiger partial charge in [-0.05, 0) is 31.6 Å². The molecule has 3 aromatic rings. The standard InChI is InChI=1S/C23H27N5O2S/c1-27(2)11-6-9-20(30)28-12-10-17-19(13-28)31-23-21(17)22(24-15-25-23)26-18(14-29)16-7-4-3-5-8-16/h3-9,15,18,29H,10-14H2,1-2H3,(H,24,25,26)/b9-6+/t18-/m1/s1. The summed E-state index contributed by atoms with van der Waals surface area (Å²) in [5.41, 5.74) is 2.20. The molecule has 31 heavy (non-hydrogen) atoms. The van der Waals surface area contributed by atoms with E-state index in [0.717, 1.165) is 39.4 Å². The molecule has 1 aliphatic rings. The molecule has 2 aromatic heterocycles. The molecule has 1 atom stereocenters. The van der Waals surface area contributed by atoms with Crippen LogP contribution in [0.2, 0.25) is 0 Å². The molecule has 1 amide bonds. The Balaban J connectivity index is 1.58. The van der Waals surface area contributed by atoms with E-state index in [-0.39, 0.29) is 18.6 Å². The first-order valence-corrected chi connectivity index (χ1v) is 11.2. The average molecular weight is 438 g/mol. The average Bonchev–Trinajstić information content (AvgIpc) is 3.16. The van der Waals surface area contributed by atoms with Crippen LogP contribution in [-0.4, -0.2) is 64.6 Å². The molecule has 162 valence electrons. The summed E-state index contributed by atoms with van der Waals surface area (Å²) < 4.78 is 0. The number of nitrogens with one attached hydrogen (secondary N) is 1. The molecule has 1 aromatic carbocycles. The van der Waals surface area contributed by atoms with Gasteiger partial charge in [0.05, 0.1) is 24.6 Å². The predicted octanol–water partition coefficient (Wildman–Crippen LogP) is 2.84. The third kappa shape index (κ3) is 4.76. The summed E-state index contributed by atoms with van der Waals surface area (Å²) >= 11 is 1.61. The Labute approximate surface area is 186 Å². The summed E-state index contributed by atoms with van der Waals surface area (Å²) in [6.07, 6.45) is 5.88. The van der Waals surface area contributed by atoms with Crippen LogP contribution >= 0.6 is 11.3 Å². The number of hydrogen-bond acceptors (Lipinski definition) is 7. The van der Waals surface area contributed by atoms with Crippen LogP contribution in [0.15, 0.2) is 48.8 Å².